The minimum Gasteiger partial charge on any atom is -0.497 e. The number of nitrogens with zero attached hydrogens (tertiary/aromatic N) is 1. The highest BCUT2D eigenvalue weighted by Gasteiger charge is 2.30. The van der Waals surface area contributed by atoms with Crippen molar-refractivity contribution in [2.24, 2.45) is 0 Å². The number of benzene rings is 3. The molecule has 0 fully saturated rings. The SMILES string of the molecule is CCCCNC(=O)C(Cc1ccccc1)N(Cc1cccc(OC)c1)C(=O)CCc1ccc(C(C)C)cc1. The van der Waals surface area contributed by atoms with Gasteiger partial charge in [0.15, 0.2) is 0 Å². The maximum absolute atomic E-state index is 13.8. The van der Waals surface area contributed by atoms with Crippen molar-refractivity contribution in [2.75, 3.05) is 13.7 Å². The number of aryl methyl sites for hydroxylation is 1. The van der Waals surface area contributed by atoms with Crippen LogP contribution in [0.1, 0.15) is 68.2 Å². The lowest BCUT2D eigenvalue weighted by Gasteiger charge is -2.32. The molecule has 0 saturated carbocycles. The molecule has 5 nitrogen and oxygen atoms in total. The van der Waals surface area contributed by atoms with E-state index in [0.29, 0.717) is 38.3 Å². The van der Waals surface area contributed by atoms with Crippen molar-refractivity contribution in [1.82, 2.24) is 10.2 Å². The molecule has 0 aliphatic heterocycles. The fourth-order valence-corrected chi connectivity index (χ4v) is 4.49. The molecule has 2 amide bonds. The summed E-state index contributed by atoms with van der Waals surface area (Å²) in [7, 11) is 1.63. The van der Waals surface area contributed by atoms with Crippen LogP contribution in [-0.4, -0.2) is 36.4 Å². The van der Waals surface area contributed by atoms with E-state index in [1.54, 1.807) is 12.0 Å². The number of carbonyl (C=O) groups excluding carboxylic acids is 2. The van der Waals surface area contributed by atoms with E-state index in [0.717, 1.165) is 35.3 Å². The van der Waals surface area contributed by atoms with Crippen LogP contribution in [0.4, 0.5) is 0 Å². The van der Waals surface area contributed by atoms with Gasteiger partial charge in [0, 0.05) is 25.9 Å². The Hall–Kier alpha value is -3.60. The molecule has 1 atom stereocenters. The summed E-state index contributed by atoms with van der Waals surface area (Å²) in [4.78, 5) is 29.1. The van der Waals surface area contributed by atoms with Gasteiger partial charge in [-0.2, -0.15) is 0 Å². The molecule has 1 N–H and O–H groups in total. The fourth-order valence-electron chi connectivity index (χ4n) is 4.49. The van der Waals surface area contributed by atoms with Gasteiger partial charge in [0.1, 0.15) is 11.8 Å². The molecule has 3 rings (SSSR count). The zero-order valence-corrected chi connectivity index (χ0v) is 23.3. The van der Waals surface area contributed by atoms with Crippen molar-refractivity contribution < 1.29 is 14.3 Å². The maximum Gasteiger partial charge on any atom is 0.243 e. The lowest BCUT2D eigenvalue weighted by Crippen LogP contribution is -2.50. The molecule has 5 heteroatoms. The molecule has 0 saturated heterocycles. The monoisotopic (exact) mass is 514 g/mol. The van der Waals surface area contributed by atoms with Gasteiger partial charge in [-0.15, -0.1) is 0 Å². The highest BCUT2D eigenvalue weighted by atomic mass is 16.5. The molecule has 1 unspecified atom stereocenters. The molecule has 3 aromatic carbocycles. The van der Waals surface area contributed by atoms with Gasteiger partial charge in [0.25, 0.3) is 0 Å². The Morgan fingerprint density at radius 1 is 0.895 bits per heavy atom. The summed E-state index contributed by atoms with van der Waals surface area (Å²) in [5.41, 5.74) is 4.36. The molecule has 38 heavy (non-hydrogen) atoms. The Morgan fingerprint density at radius 3 is 2.26 bits per heavy atom. The normalized spacial score (nSPS) is 11.7. The molecule has 0 heterocycles. The minimum absolute atomic E-state index is 0.0349. The number of ether oxygens (including phenoxy) is 1. The third-order valence-electron chi connectivity index (χ3n) is 6.86. The van der Waals surface area contributed by atoms with E-state index in [4.69, 9.17) is 4.74 Å². The van der Waals surface area contributed by atoms with Crippen LogP contribution in [0.3, 0.4) is 0 Å². The van der Waals surface area contributed by atoms with Crippen LogP contribution < -0.4 is 10.1 Å². The second-order valence-corrected chi connectivity index (χ2v) is 10.1. The summed E-state index contributed by atoms with van der Waals surface area (Å²) in [6.07, 6.45) is 3.31. The van der Waals surface area contributed by atoms with E-state index in [9.17, 15) is 9.59 Å². The van der Waals surface area contributed by atoms with Gasteiger partial charge in [0.05, 0.1) is 7.11 Å². The number of unbranched alkanes of at least 4 members (excludes halogenated alkanes) is 1. The first-order valence-corrected chi connectivity index (χ1v) is 13.7. The Morgan fingerprint density at radius 2 is 1.61 bits per heavy atom. The van der Waals surface area contributed by atoms with Crippen LogP contribution in [-0.2, 0) is 29.0 Å². The van der Waals surface area contributed by atoms with E-state index in [1.807, 2.05) is 54.6 Å². The van der Waals surface area contributed by atoms with Crippen LogP contribution in [0, 0.1) is 0 Å². The van der Waals surface area contributed by atoms with E-state index in [2.05, 4.69) is 50.4 Å². The fraction of sp³-hybridized carbons (Fsp3) is 0.394. The van der Waals surface area contributed by atoms with Gasteiger partial charge in [-0.3, -0.25) is 9.59 Å². The van der Waals surface area contributed by atoms with Gasteiger partial charge in [-0.05, 0) is 53.1 Å². The Balaban J connectivity index is 1.88. The molecular formula is C33H42N2O3. The summed E-state index contributed by atoms with van der Waals surface area (Å²) in [6.45, 7) is 7.38. The van der Waals surface area contributed by atoms with Crippen molar-refractivity contribution in [1.29, 1.82) is 0 Å². The van der Waals surface area contributed by atoms with E-state index in [1.165, 1.54) is 5.56 Å². The quantitative estimate of drug-likeness (QED) is 0.257. The zero-order valence-electron chi connectivity index (χ0n) is 23.3. The third kappa shape index (κ3) is 8.76. The average molecular weight is 515 g/mol. The predicted molar refractivity (Wildman–Crippen MR) is 154 cm³/mol. The second-order valence-electron chi connectivity index (χ2n) is 10.1. The lowest BCUT2D eigenvalue weighted by atomic mass is 9.99. The first-order chi connectivity index (χ1) is 18.4. The van der Waals surface area contributed by atoms with E-state index in [-0.39, 0.29) is 11.8 Å². The maximum atomic E-state index is 13.8. The van der Waals surface area contributed by atoms with Crippen molar-refractivity contribution in [2.45, 2.75) is 71.4 Å². The smallest absolute Gasteiger partial charge is 0.243 e. The van der Waals surface area contributed by atoms with Crippen LogP contribution in [0.15, 0.2) is 78.9 Å². The highest BCUT2D eigenvalue weighted by Crippen LogP contribution is 2.20. The van der Waals surface area contributed by atoms with Crippen LogP contribution in [0.2, 0.25) is 0 Å². The number of hydrogen-bond acceptors (Lipinski definition) is 3. The number of amides is 2. The Labute approximate surface area is 228 Å². The molecule has 0 spiro atoms. The Kier molecular flexibility index (Phi) is 11.4. The molecule has 202 valence electrons. The second kappa shape index (κ2) is 15.0. The molecule has 0 aromatic heterocycles. The number of carbonyl (C=O) groups is 2. The van der Waals surface area contributed by atoms with Crippen molar-refractivity contribution in [3.05, 3.63) is 101 Å². The van der Waals surface area contributed by atoms with Crippen molar-refractivity contribution >= 4 is 11.8 Å². The van der Waals surface area contributed by atoms with Crippen LogP contribution in [0.5, 0.6) is 5.75 Å². The van der Waals surface area contributed by atoms with Gasteiger partial charge in [-0.25, -0.2) is 0 Å². The molecule has 0 aliphatic carbocycles. The van der Waals surface area contributed by atoms with E-state index >= 15 is 0 Å². The summed E-state index contributed by atoms with van der Waals surface area (Å²) in [5.74, 6) is 1.05. The first kappa shape index (κ1) is 29.0. The molecule has 3 aromatic rings. The molecule has 0 aliphatic rings. The summed E-state index contributed by atoms with van der Waals surface area (Å²) < 4.78 is 5.41. The number of methoxy groups -OCH3 is 1. The van der Waals surface area contributed by atoms with Crippen molar-refractivity contribution in [3.63, 3.8) is 0 Å². The average Bonchev–Trinajstić information content (AvgIpc) is 2.94. The first-order valence-electron chi connectivity index (χ1n) is 13.7. The number of rotatable bonds is 14. The topological polar surface area (TPSA) is 58.6 Å². The minimum atomic E-state index is -0.615. The van der Waals surface area contributed by atoms with Gasteiger partial charge in [0.2, 0.25) is 11.8 Å². The standard InChI is InChI=1S/C33H42N2O3/c1-5-6-21-34-33(37)31(23-27-11-8-7-9-12-27)35(24-28-13-10-14-30(22-28)38-4)32(36)20-17-26-15-18-29(19-16-26)25(2)3/h7-16,18-19,22,25,31H,5-6,17,20-21,23-24H2,1-4H3,(H,34,37). The largest absolute Gasteiger partial charge is 0.497 e. The predicted octanol–water partition coefficient (Wildman–Crippen LogP) is 6.31. The number of hydrogen-bond donors (Lipinski definition) is 1. The molecule has 0 radical (unpaired) electrons. The molecule has 0 bridgehead atoms. The van der Waals surface area contributed by atoms with Gasteiger partial charge in [-0.1, -0.05) is 93.9 Å². The van der Waals surface area contributed by atoms with Crippen LogP contribution in [0.25, 0.3) is 0 Å². The highest BCUT2D eigenvalue weighted by molar-refractivity contribution is 5.88. The summed E-state index contributed by atoms with van der Waals surface area (Å²) in [6, 6.07) is 25.5. The van der Waals surface area contributed by atoms with Gasteiger partial charge >= 0.3 is 0 Å². The third-order valence-corrected chi connectivity index (χ3v) is 6.86. The zero-order chi connectivity index (χ0) is 27.3. The van der Waals surface area contributed by atoms with Gasteiger partial charge < -0.3 is 15.0 Å². The van der Waals surface area contributed by atoms with Crippen molar-refractivity contribution in [3.8, 4) is 5.75 Å². The Bertz CT molecular complexity index is 1140. The summed E-state index contributed by atoms with van der Waals surface area (Å²) in [5, 5.41) is 3.08. The summed E-state index contributed by atoms with van der Waals surface area (Å²) >= 11 is 0. The van der Waals surface area contributed by atoms with E-state index < -0.39 is 6.04 Å². The van der Waals surface area contributed by atoms with Crippen LogP contribution >= 0.6 is 0 Å². The molecular weight excluding hydrogens is 472 g/mol. The lowest BCUT2D eigenvalue weighted by molar-refractivity contribution is -0.141. The number of nitrogens with one attached hydrogen (secondary N) is 1.